The van der Waals surface area contributed by atoms with Gasteiger partial charge in [0.2, 0.25) is 5.78 Å². The number of Topliss-reactive ketones (excluding diaryl/α,β-unsaturated/α-hetero) is 1. The van der Waals surface area contributed by atoms with Crippen LogP contribution in [-0.2, 0) is 14.3 Å². The number of carbonyl (C=O) groups excluding carboxylic acids is 3. The van der Waals surface area contributed by atoms with Gasteiger partial charge in [-0.05, 0) is 18.6 Å². The monoisotopic (exact) mass is 407 g/mol. The van der Waals surface area contributed by atoms with Gasteiger partial charge in [0.1, 0.15) is 17.4 Å². The van der Waals surface area contributed by atoms with Gasteiger partial charge < -0.3 is 24.1 Å². The highest BCUT2D eigenvalue weighted by Gasteiger charge is 2.27. The molecule has 0 unspecified atom stereocenters. The Morgan fingerprint density at radius 2 is 2.07 bits per heavy atom. The fraction of sp³-hybridized carbons (Fsp3) is 0.474. The number of nitrogens with one attached hydrogen (secondary N) is 1. The van der Waals surface area contributed by atoms with Crippen LogP contribution in [0.5, 0.6) is 0 Å². The molecular weight excluding hydrogens is 385 g/mol. The maximum absolute atomic E-state index is 13.3. The highest BCUT2D eigenvalue weighted by atomic mass is 19.1. The first kappa shape index (κ1) is 20.7. The second kappa shape index (κ2) is 9.46. The van der Waals surface area contributed by atoms with Crippen LogP contribution in [0.1, 0.15) is 30.5 Å². The van der Waals surface area contributed by atoms with Crippen LogP contribution in [0.2, 0.25) is 0 Å². The third kappa shape index (κ3) is 5.29. The number of hydrogen-bond donors (Lipinski definition) is 1. The number of carbonyl (C=O) groups is 3. The van der Waals surface area contributed by atoms with Gasteiger partial charge in [-0.3, -0.25) is 9.59 Å². The summed E-state index contributed by atoms with van der Waals surface area (Å²) in [5, 5.41) is 2.45. The van der Waals surface area contributed by atoms with E-state index in [4.69, 9.17) is 13.9 Å². The number of alkyl carbamates (subject to hydrolysis) is 1. The summed E-state index contributed by atoms with van der Waals surface area (Å²) in [5.74, 6) is -1.61. The summed E-state index contributed by atoms with van der Waals surface area (Å²) in [5.41, 5.74) is 0.478. The number of ether oxygens (including phenoxy) is 2. The van der Waals surface area contributed by atoms with Crippen LogP contribution >= 0.6 is 0 Å². The first-order valence-corrected chi connectivity index (χ1v) is 9.37. The van der Waals surface area contributed by atoms with E-state index in [2.05, 4.69) is 10.3 Å². The van der Waals surface area contributed by atoms with E-state index in [1.807, 2.05) is 6.92 Å². The zero-order chi connectivity index (χ0) is 20.8. The zero-order valence-electron chi connectivity index (χ0n) is 16.0. The van der Waals surface area contributed by atoms with Gasteiger partial charge in [-0.15, -0.1) is 0 Å². The fourth-order valence-corrected chi connectivity index (χ4v) is 2.93. The van der Waals surface area contributed by atoms with Gasteiger partial charge in [0, 0.05) is 19.2 Å². The number of hydrogen-bond acceptors (Lipinski definition) is 7. The van der Waals surface area contributed by atoms with Crippen molar-refractivity contribution in [1.29, 1.82) is 0 Å². The van der Waals surface area contributed by atoms with Crippen LogP contribution in [0.4, 0.5) is 9.18 Å². The van der Waals surface area contributed by atoms with E-state index < -0.39 is 30.3 Å². The number of nitrogens with zero attached hydrogens (tertiary/aromatic N) is 2. The predicted octanol–water partition coefficient (Wildman–Crippen LogP) is 1.90. The second-order valence-electron chi connectivity index (χ2n) is 6.55. The quantitative estimate of drug-likeness (QED) is 0.698. The Bertz CT molecular complexity index is 893. The molecule has 9 nitrogen and oxygen atoms in total. The van der Waals surface area contributed by atoms with Crippen LogP contribution in [0.3, 0.4) is 0 Å². The minimum Gasteiger partial charge on any atom is -0.439 e. The average molecular weight is 407 g/mol. The lowest BCUT2D eigenvalue weighted by Gasteiger charge is -2.26. The summed E-state index contributed by atoms with van der Waals surface area (Å²) >= 11 is 0. The molecule has 2 aromatic rings. The van der Waals surface area contributed by atoms with Gasteiger partial charge in [-0.25, -0.2) is 14.2 Å². The van der Waals surface area contributed by atoms with E-state index in [9.17, 15) is 18.8 Å². The lowest BCUT2D eigenvalue weighted by molar-refractivity contribution is -0.138. The molecule has 0 bridgehead atoms. The molecule has 0 saturated carbocycles. The predicted molar refractivity (Wildman–Crippen MR) is 98.9 cm³/mol. The molecule has 1 aliphatic rings. The molecule has 1 aromatic heterocycles. The average Bonchev–Trinajstić information content (AvgIpc) is 3.15. The van der Waals surface area contributed by atoms with Crippen molar-refractivity contribution in [1.82, 2.24) is 15.2 Å². The summed E-state index contributed by atoms with van der Waals surface area (Å²) in [7, 11) is 0. The number of aromatic nitrogens is 1. The van der Waals surface area contributed by atoms with E-state index in [0.717, 1.165) is 6.07 Å². The third-order valence-electron chi connectivity index (χ3n) is 4.44. The Hall–Kier alpha value is -3.01. The zero-order valence-corrected chi connectivity index (χ0v) is 16.0. The maximum atomic E-state index is 13.3. The molecule has 0 spiro atoms. The molecule has 3 rings (SSSR count). The van der Waals surface area contributed by atoms with E-state index >= 15 is 0 Å². The number of fused-ring (bicyclic) bond motifs is 1. The van der Waals surface area contributed by atoms with Crippen molar-refractivity contribution in [2.45, 2.75) is 25.8 Å². The Morgan fingerprint density at radius 3 is 2.79 bits per heavy atom. The highest BCUT2D eigenvalue weighted by Crippen LogP contribution is 2.18. The first-order valence-electron chi connectivity index (χ1n) is 9.37. The van der Waals surface area contributed by atoms with Crippen molar-refractivity contribution in [2.24, 2.45) is 0 Å². The number of ketones is 1. The largest absolute Gasteiger partial charge is 0.439 e. The molecule has 1 atom stereocenters. The number of oxazole rings is 1. The fourth-order valence-electron chi connectivity index (χ4n) is 2.93. The molecule has 2 heterocycles. The molecular formula is C19H22FN3O6. The Kier molecular flexibility index (Phi) is 6.76. The summed E-state index contributed by atoms with van der Waals surface area (Å²) < 4.78 is 28.8. The van der Waals surface area contributed by atoms with E-state index in [0.29, 0.717) is 39.1 Å². The van der Waals surface area contributed by atoms with Crippen molar-refractivity contribution in [3.05, 3.63) is 29.9 Å². The third-order valence-corrected chi connectivity index (χ3v) is 4.44. The minimum absolute atomic E-state index is 0.210. The van der Waals surface area contributed by atoms with Gasteiger partial charge in [-0.2, -0.15) is 0 Å². The van der Waals surface area contributed by atoms with Gasteiger partial charge in [0.15, 0.2) is 12.2 Å². The normalized spacial score (nSPS) is 15.2. The van der Waals surface area contributed by atoms with Crippen molar-refractivity contribution in [3.8, 4) is 0 Å². The minimum atomic E-state index is -0.941. The Balaban J connectivity index is 1.59. The van der Waals surface area contributed by atoms with Crippen LogP contribution in [0, 0.1) is 5.82 Å². The van der Waals surface area contributed by atoms with E-state index in [1.165, 1.54) is 12.1 Å². The van der Waals surface area contributed by atoms with Crippen molar-refractivity contribution < 1.29 is 32.7 Å². The molecule has 1 N–H and O–H groups in total. The molecule has 0 radical (unpaired) electrons. The summed E-state index contributed by atoms with van der Waals surface area (Å²) in [4.78, 5) is 42.4. The molecule has 1 fully saturated rings. The molecule has 1 aromatic carbocycles. The molecule has 2 amide bonds. The number of morpholine rings is 1. The van der Waals surface area contributed by atoms with Crippen LogP contribution in [-0.4, -0.2) is 66.6 Å². The molecule has 0 aliphatic carbocycles. The van der Waals surface area contributed by atoms with Gasteiger partial charge >= 0.3 is 6.09 Å². The molecule has 1 saturated heterocycles. The van der Waals surface area contributed by atoms with Gasteiger partial charge in [-0.1, -0.05) is 13.3 Å². The second-order valence-corrected chi connectivity index (χ2v) is 6.55. The van der Waals surface area contributed by atoms with Crippen molar-refractivity contribution in [2.75, 3.05) is 32.9 Å². The van der Waals surface area contributed by atoms with Crippen LogP contribution < -0.4 is 5.32 Å². The number of rotatable bonds is 7. The molecule has 29 heavy (non-hydrogen) atoms. The first-order chi connectivity index (χ1) is 14.0. The highest BCUT2D eigenvalue weighted by molar-refractivity contribution is 5.99. The summed E-state index contributed by atoms with van der Waals surface area (Å²) in [6.07, 6.45) is 0.0250. The van der Waals surface area contributed by atoms with Gasteiger partial charge in [0.05, 0.1) is 13.2 Å². The number of halogens is 1. The molecule has 1 aliphatic heterocycles. The maximum Gasteiger partial charge on any atom is 0.408 e. The van der Waals surface area contributed by atoms with E-state index in [1.54, 1.807) is 4.90 Å². The van der Waals surface area contributed by atoms with E-state index in [-0.39, 0.29) is 22.9 Å². The Labute approximate surface area is 166 Å². The smallest absolute Gasteiger partial charge is 0.408 e. The van der Waals surface area contributed by atoms with Crippen LogP contribution in [0.25, 0.3) is 11.1 Å². The van der Waals surface area contributed by atoms with Crippen molar-refractivity contribution in [3.63, 3.8) is 0 Å². The lowest BCUT2D eigenvalue weighted by Crippen LogP contribution is -2.45. The van der Waals surface area contributed by atoms with Crippen molar-refractivity contribution >= 4 is 28.9 Å². The van der Waals surface area contributed by atoms with Crippen LogP contribution in [0.15, 0.2) is 22.6 Å². The standard InChI is InChI=1S/C19H22FN3O6/c1-2-3-13(17(25)18-21-14-10-12(20)4-5-15(14)29-18)22-19(26)28-11-16(24)23-6-8-27-9-7-23/h4-5,10,13H,2-3,6-9,11H2,1H3,(H,22,26)/t13-/m0/s1. The lowest BCUT2D eigenvalue weighted by atomic mass is 10.1. The molecule has 10 heteroatoms. The Morgan fingerprint density at radius 1 is 1.31 bits per heavy atom. The van der Waals surface area contributed by atoms with Gasteiger partial charge in [0.25, 0.3) is 11.8 Å². The SMILES string of the molecule is CCC[C@H](NC(=O)OCC(=O)N1CCOCC1)C(=O)c1nc2cc(F)ccc2o1. The topological polar surface area (TPSA) is 111 Å². The summed E-state index contributed by atoms with van der Waals surface area (Å²) in [6, 6.07) is 2.79. The number of benzene rings is 1. The summed E-state index contributed by atoms with van der Waals surface area (Å²) in [6.45, 7) is 3.19. The number of amides is 2. The molecule has 156 valence electrons.